The van der Waals surface area contributed by atoms with E-state index in [4.69, 9.17) is 0 Å². The van der Waals surface area contributed by atoms with Gasteiger partial charge in [0.15, 0.2) is 0 Å². The second kappa shape index (κ2) is 10.4. The fourth-order valence-corrected chi connectivity index (χ4v) is 4.81. The summed E-state index contributed by atoms with van der Waals surface area (Å²) < 4.78 is 1.76. The summed E-state index contributed by atoms with van der Waals surface area (Å²) in [6, 6.07) is 26.3. The Balaban J connectivity index is 1.43. The molecule has 2 aromatic heterocycles. The number of amides is 1. The van der Waals surface area contributed by atoms with Gasteiger partial charge in [-0.3, -0.25) is 14.6 Å². The van der Waals surface area contributed by atoms with Crippen molar-refractivity contribution in [2.24, 2.45) is 5.92 Å². The van der Waals surface area contributed by atoms with Crippen molar-refractivity contribution in [3.05, 3.63) is 113 Å². The molecular formula is C30H26N4O2. The summed E-state index contributed by atoms with van der Waals surface area (Å²) >= 11 is 0. The maximum absolute atomic E-state index is 13.6. The maximum atomic E-state index is 13.6. The third-order valence-corrected chi connectivity index (χ3v) is 6.76. The lowest BCUT2D eigenvalue weighted by atomic mass is 9.95. The van der Waals surface area contributed by atoms with Crippen LogP contribution in [-0.2, 0) is 6.54 Å². The first kappa shape index (κ1) is 23.3. The second-order valence-electron chi connectivity index (χ2n) is 9.07. The van der Waals surface area contributed by atoms with Gasteiger partial charge in [-0.2, -0.15) is 5.26 Å². The number of carbonyl (C=O) groups excluding carboxylic acids is 1. The molecule has 0 unspecified atom stereocenters. The predicted octanol–water partition coefficient (Wildman–Crippen LogP) is 5.00. The van der Waals surface area contributed by atoms with Gasteiger partial charge in [0.25, 0.3) is 11.5 Å². The summed E-state index contributed by atoms with van der Waals surface area (Å²) in [5.41, 5.74) is 3.76. The first-order valence-corrected chi connectivity index (χ1v) is 12.1. The summed E-state index contributed by atoms with van der Waals surface area (Å²) in [4.78, 5) is 32.8. The van der Waals surface area contributed by atoms with Gasteiger partial charge in [0.05, 0.1) is 17.3 Å². The summed E-state index contributed by atoms with van der Waals surface area (Å²) in [5.74, 6) is 0.319. The second-order valence-corrected chi connectivity index (χ2v) is 9.07. The Labute approximate surface area is 210 Å². The molecule has 6 heteroatoms. The molecule has 0 aliphatic carbocycles. The van der Waals surface area contributed by atoms with Crippen LogP contribution in [-0.4, -0.2) is 33.4 Å². The Morgan fingerprint density at radius 2 is 1.67 bits per heavy atom. The average Bonchev–Trinajstić information content (AvgIpc) is 2.95. The Morgan fingerprint density at radius 3 is 2.39 bits per heavy atom. The Bertz CT molecular complexity index is 1460. The molecule has 1 saturated heterocycles. The molecule has 1 fully saturated rings. The first-order valence-electron chi connectivity index (χ1n) is 12.1. The van der Waals surface area contributed by atoms with Crippen LogP contribution in [0.1, 0.15) is 28.8 Å². The number of hydrogen-bond acceptors (Lipinski definition) is 4. The zero-order valence-corrected chi connectivity index (χ0v) is 19.9. The quantitative estimate of drug-likeness (QED) is 0.408. The molecule has 0 N–H and O–H groups in total. The van der Waals surface area contributed by atoms with E-state index in [9.17, 15) is 14.9 Å². The van der Waals surface area contributed by atoms with E-state index >= 15 is 0 Å². The number of nitrogens with zero attached hydrogens (tertiary/aromatic N) is 4. The molecule has 36 heavy (non-hydrogen) atoms. The Morgan fingerprint density at radius 1 is 0.944 bits per heavy atom. The van der Waals surface area contributed by atoms with Crippen molar-refractivity contribution in [1.29, 1.82) is 5.26 Å². The lowest BCUT2D eigenvalue weighted by Crippen LogP contribution is -2.40. The van der Waals surface area contributed by atoms with Crippen LogP contribution in [0.25, 0.3) is 22.4 Å². The van der Waals surface area contributed by atoms with Crippen molar-refractivity contribution in [3.8, 4) is 28.5 Å². The van der Waals surface area contributed by atoms with Crippen LogP contribution >= 0.6 is 0 Å². The van der Waals surface area contributed by atoms with E-state index in [0.717, 1.165) is 24.1 Å². The lowest BCUT2D eigenvalue weighted by Gasteiger charge is -2.32. The minimum absolute atomic E-state index is 0.0544. The van der Waals surface area contributed by atoms with Crippen molar-refractivity contribution in [2.75, 3.05) is 13.1 Å². The summed E-state index contributed by atoms with van der Waals surface area (Å²) in [6.07, 6.45) is 5.24. The number of likely N-dealkylation sites (tertiary alicyclic amines) is 1. The number of hydrogen-bond donors (Lipinski definition) is 0. The molecule has 2 aromatic carbocycles. The van der Waals surface area contributed by atoms with Crippen molar-refractivity contribution in [2.45, 2.75) is 19.4 Å². The van der Waals surface area contributed by atoms with Crippen LogP contribution in [0.2, 0.25) is 0 Å². The topological polar surface area (TPSA) is 79.0 Å². The molecule has 1 amide bonds. The summed E-state index contributed by atoms with van der Waals surface area (Å²) in [5, 5.41) is 9.64. The van der Waals surface area contributed by atoms with Gasteiger partial charge in [-0.15, -0.1) is 0 Å². The van der Waals surface area contributed by atoms with Gasteiger partial charge in [-0.1, -0.05) is 42.5 Å². The van der Waals surface area contributed by atoms with Gasteiger partial charge in [-0.25, -0.2) is 0 Å². The van der Waals surface area contributed by atoms with Crippen molar-refractivity contribution in [1.82, 2.24) is 14.5 Å². The zero-order chi connectivity index (χ0) is 24.9. The van der Waals surface area contributed by atoms with Crippen LogP contribution in [0.4, 0.5) is 0 Å². The van der Waals surface area contributed by atoms with Crippen LogP contribution in [0.15, 0.2) is 96.1 Å². The average molecular weight is 475 g/mol. The van der Waals surface area contributed by atoms with Gasteiger partial charge in [0.1, 0.15) is 0 Å². The molecule has 0 atom stereocenters. The molecule has 6 nitrogen and oxygen atoms in total. The highest BCUT2D eigenvalue weighted by Gasteiger charge is 2.25. The molecule has 1 aliphatic heterocycles. The molecular weight excluding hydrogens is 448 g/mol. The minimum Gasteiger partial charge on any atom is -0.339 e. The normalized spacial score (nSPS) is 13.8. The van der Waals surface area contributed by atoms with E-state index in [1.165, 1.54) is 0 Å². The van der Waals surface area contributed by atoms with Crippen LogP contribution < -0.4 is 5.56 Å². The third-order valence-electron chi connectivity index (χ3n) is 6.76. The highest BCUT2D eigenvalue weighted by molar-refractivity contribution is 5.94. The van der Waals surface area contributed by atoms with E-state index in [2.05, 4.69) is 11.1 Å². The molecule has 4 aromatic rings. The van der Waals surface area contributed by atoms with Crippen LogP contribution in [0.3, 0.4) is 0 Å². The van der Waals surface area contributed by atoms with Gasteiger partial charge in [0.2, 0.25) is 0 Å². The molecule has 0 bridgehead atoms. The molecule has 5 rings (SSSR count). The summed E-state index contributed by atoms with van der Waals surface area (Å²) in [7, 11) is 0. The smallest absolute Gasteiger partial charge is 0.258 e. The lowest BCUT2D eigenvalue weighted by molar-refractivity contribution is 0.0682. The first-order chi connectivity index (χ1) is 17.6. The maximum Gasteiger partial charge on any atom is 0.258 e. The van der Waals surface area contributed by atoms with Crippen LogP contribution in [0.5, 0.6) is 0 Å². The highest BCUT2D eigenvalue weighted by Crippen LogP contribution is 2.26. The molecule has 0 spiro atoms. The highest BCUT2D eigenvalue weighted by atomic mass is 16.2. The van der Waals surface area contributed by atoms with Crippen molar-refractivity contribution < 1.29 is 4.79 Å². The van der Waals surface area contributed by atoms with Gasteiger partial charge >= 0.3 is 0 Å². The zero-order valence-electron chi connectivity index (χ0n) is 19.9. The number of pyridine rings is 2. The van der Waals surface area contributed by atoms with Gasteiger partial charge < -0.3 is 9.47 Å². The Hall–Kier alpha value is -4.50. The minimum atomic E-state index is -0.125. The molecule has 1 aliphatic rings. The van der Waals surface area contributed by atoms with E-state index in [-0.39, 0.29) is 17.4 Å². The standard InChI is InChI=1S/C30H26N4O2/c31-19-24-10-4-5-11-26(24)27-18-25(28-12-6-7-15-32-28)21-34(30(27)36)20-22-13-16-33(17-14-22)29(35)23-8-2-1-3-9-23/h1-12,15,18,21-22H,13-14,16-17,20H2. The SMILES string of the molecule is N#Cc1ccccc1-c1cc(-c2ccccn2)cn(CC2CCN(C(=O)c3ccccc3)CC2)c1=O. The largest absolute Gasteiger partial charge is 0.339 e. The molecule has 178 valence electrons. The van der Waals surface area contributed by atoms with Gasteiger partial charge in [0, 0.05) is 54.3 Å². The van der Waals surface area contributed by atoms with E-state index in [1.54, 1.807) is 22.9 Å². The van der Waals surface area contributed by atoms with E-state index in [1.807, 2.05) is 77.8 Å². The number of aromatic nitrogens is 2. The number of carbonyl (C=O) groups is 1. The van der Waals surface area contributed by atoms with Gasteiger partial charge in [-0.05, 0) is 55.2 Å². The van der Waals surface area contributed by atoms with Crippen molar-refractivity contribution >= 4 is 5.91 Å². The fourth-order valence-electron chi connectivity index (χ4n) is 4.81. The number of piperidine rings is 1. The van der Waals surface area contributed by atoms with Crippen LogP contribution in [0, 0.1) is 17.2 Å². The predicted molar refractivity (Wildman–Crippen MR) is 139 cm³/mol. The van der Waals surface area contributed by atoms with Crippen molar-refractivity contribution in [3.63, 3.8) is 0 Å². The molecule has 0 saturated carbocycles. The molecule has 3 heterocycles. The van der Waals surface area contributed by atoms with E-state index in [0.29, 0.717) is 41.9 Å². The number of nitriles is 1. The van der Waals surface area contributed by atoms with E-state index < -0.39 is 0 Å². The Kier molecular flexibility index (Phi) is 6.72. The molecule has 0 radical (unpaired) electrons. The monoisotopic (exact) mass is 474 g/mol. The summed E-state index contributed by atoms with van der Waals surface area (Å²) in [6.45, 7) is 1.88. The number of benzene rings is 2. The number of rotatable bonds is 5. The fraction of sp³-hybridized carbons (Fsp3) is 0.200. The third kappa shape index (κ3) is 4.82.